The molecule has 1 aromatic carbocycles. The molecule has 2 aromatic heterocycles. The summed E-state index contributed by atoms with van der Waals surface area (Å²) < 4.78 is 4.96. The van der Waals surface area contributed by atoms with Gasteiger partial charge in [0, 0.05) is 0 Å². The fourth-order valence-electron chi connectivity index (χ4n) is 2.16. The van der Waals surface area contributed by atoms with Crippen LogP contribution < -0.4 is 0 Å². The second-order valence-electron chi connectivity index (χ2n) is 5.08. The van der Waals surface area contributed by atoms with Crippen molar-refractivity contribution in [2.24, 2.45) is 0 Å². The fourth-order valence-corrected chi connectivity index (χ4v) is 2.49. The van der Waals surface area contributed by atoms with Crippen LogP contribution in [0.4, 0.5) is 0 Å². The number of pyridine rings is 1. The van der Waals surface area contributed by atoms with Crippen LogP contribution in [0.25, 0.3) is 16.6 Å². The van der Waals surface area contributed by atoms with Crippen LogP contribution in [0.15, 0.2) is 42.2 Å². The van der Waals surface area contributed by atoms with E-state index in [1.807, 2.05) is 12.1 Å². The van der Waals surface area contributed by atoms with Crippen molar-refractivity contribution >= 4 is 45.8 Å². The van der Waals surface area contributed by atoms with Crippen LogP contribution >= 0.6 is 23.2 Å². The fraction of sp³-hybridized carbons (Fsp3) is 0.0588. The standard InChI is InChI=1S/C17H10Cl2N4O3/c18-10-5-6-14(19)23-15(10)17(25)26-8-13(24)9(7-20)16-21-11-3-1-2-4-12(11)22-16/h1-6,24H,8H2,(H,21,22)/b13-9+. The van der Waals surface area contributed by atoms with Crippen LogP contribution in [0, 0.1) is 11.3 Å². The summed E-state index contributed by atoms with van der Waals surface area (Å²) in [7, 11) is 0. The predicted molar refractivity (Wildman–Crippen MR) is 95.8 cm³/mol. The van der Waals surface area contributed by atoms with E-state index in [1.165, 1.54) is 12.1 Å². The molecule has 7 nitrogen and oxygen atoms in total. The molecule has 0 saturated heterocycles. The second-order valence-corrected chi connectivity index (χ2v) is 5.87. The van der Waals surface area contributed by atoms with Crippen molar-refractivity contribution in [3.63, 3.8) is 0 Å². The van der Waals surface area contributed by atoms with E-state index in [4.69, 9.17) is 27.9 Å². The minimum absolute atomic E-state index is 0.0562. The molecule has 3 aromatic rings. The molecule has 0 bridgehead atoms. The molecule has 2 heterocycles. The Morgan fingerprint density at radius 3 is 2.73 bits per heavy atom. The third kappa shape index (κ3) is 3.61. The van der Waals surface area contributed by atoms with Crippen LogP contribution in [-0.4, -0.2) is 32.6 Å². The first-order chi connectivity index (χ1) is 12.5. The Balaban J connectivity index is 1.82. The number of nitriles is 1. The molecule has 0 radical (unpaired) electrons. The molecule has 26 heavy (non-hydrogen) atoms. The maximum Gasteiger partial charge on any atom is 0.358 e. The number of para-hydroxylation sites is 2. The number of allylic oxidation sites excluding steroid dienone is 1. The highest BCUT2D eigenvalue weighted by Gasteiger charge is 2.18. The Morgan fingerprint density at radius 1 is 1.23 bits per heavy atom. The van der Waals surface area contributed by atoms with Gasteiger partial charge in [-0.15, -0.1) is 0 Å². The summed E-state index contributed by atoms with van der Waals surface area (Å²) in [5.74, 6) is -1.18. The zero-order valence-electron chi connectivity index (χ0n) is 13.0. The van der Waals surface area contributed by atoms with Crippen molar-refractivity contribution in [2.75, 3.05) is 6.61 Å². The first-order valence-corrected chi connectivity index (χ1v) is 8.01. The molecule has 0 atom stereocenters. The largest absolute Gasteiger partial charge is 0.507 e. The number of aliphatic hydroxyl groups is 1. The minimum atomic E-state index is -0.883. The van der Waals surface area contributed by atoms with Crippen molar-refractivity contribution in [1.29, 1.82) is 5.26 Å². The number of halogens is 2. The molecule has 3 rings (SSSR count). The number of esters is 1. The molecular formula is C17H10Cl2N4O3. The lowest BCUT2D eigenvalue weighted by molar-refractivity contribution is 0.0496. The Labute approximate surface area is 157 Å². The maximum absolute atomic E-state index is 12.0. The van der Waals surface area contributed by atoms with Gasteiger partial charge in [0.15, 0.2) is 17.3 Å². The number of carbonyl (C=O) groups excluding carboxylic acids is 1. The Morgan fingerprint density at radius 2 is 2.00 bits per heavy atom. The topological polar surface area (TPSA) is 112 Å². The third-order valence-corrected chi connectivity index (χ3v) is 3.89. The number of nitrogens with zero attached hydrogens (tertiary/aromatic N) is 3. The number of fused-ring (bicyclic) bond motifs is 1. The number of imidazole rings is 1. The van der Waals surface area contributed by atoms with Gasteiger partial charge in [-0.3, -0.25) is 0 Å². The maximum atomic E-state index is 12.0. The van der Waals surface area contributed by atoms with E-state index in [1.54, 1.807) is 18.2 Å². The van der Waals surface area contributed by atoms with Crippen LogP contribution in [0.5, 0.6) is 0 Å². The monoisotopic (exact) mass is 388 g/mol. The number of benzene rings is 1. The molecular weight excluding hydrogens is 379 g/mol. The van der Waals surface area contributed by atoms with Crippen molar-refractivity contribution in [1.82, 2.24) is 15.0 Å². The quantitative estimate of drug-likeness (QED) is 0.303. The first kappa shape index (κ1) is 17.7. The van der Waals surface area contributed by atoms with E-state index < -0.39 is 18.3 Å². The Kier molecular flexibility index (Phi) is 5.07. The highest BCUT2D eigenvalue weighted by Crippen LogP contribution is 2.20. The zero-order chi connectivity index (χ0) is 18.7. The van der Waals surface area contributed by atoms with Crippen molar-refractivity contribution in [3.05, 3.63) is 63.9 Å². The number of aromatic amines is 1. The summed E-state index contributed by atoms with van der Waals surface area (Å²) in [5.41, 5.74) is 1.01. The van der Waals surface area contributed by atoms with E-state index >= 15 is 0 Å². The number of hydrogen-bond acceptors (Lipinski definition) is 6. The summed E-state index contributed by atoms with van der Waals surface area (Å²) in [4.78, 5) is 23.0. The number of ether oxygens (including phenoxy) is 1. The number of hydrogen-bond donors (Lipinski definition) is 2. The smallest absolute Gasteiger partial charge is 0.358 e. The Hall–Kier alpha value is -3.08. The van der Waals surface area contributed by atoms with E-state index in [0.717, 1.165) is 0 Å². The van der Waals surface area contributed by atoms with Gasteiger partial charge in [-0.2, -0.15) is 5.26 Å². The molecule has 0 unspecified atom stereocenters. The number of H-pyrrole nitrogens is 1. The summed E-state index contributed by atoms with van der Waals surface area (Å²) >= 11 is 11.6. The number of aliphatic hydroxyl groups excluding tert-OH is 1. The molecule has 0 aliphatic carbocycles. The molecule has 0 fully saturated rings. The number of rotatable bonds is 4. The highest BCUT2D eigenvalue weighted by molar-refractivity contribution is 6.34. The molecule has 0 saturated carbocycles. The van der Waals surface area contributed by atoms with Gasteiger partial charge in [0.1, 0.15) is 23.4 Å². The molecule has 0 aliphatic heterocycles. The molecule has 130 valence electrons. The van der Waals surface area contributed by atoms with E-state index in [9.17, 15) is 15.2 Å². The molecule has 2 N–H and O–H groups in total. The summed E-state index contributed by atoms with van der Waals surface area (Å²) in [6.07, 6.45) is 0. The minimum Gasteiger partial charge on any atom is -0.507 e. The predicted octanol–water partition coefficient (Wildman–Crippen LogP) is 3.91. The number of carbonyl (C=O) groups is 1. The highest BCUT2D eigenvalue weighted by atomic mass is 35.5. The van der Waals surface area contributed by atoms with Gasteiger partial charge in [-0.1, -0.05) is 35.3 Å². The van der Waals surface area contributed by atoms with Gasteiger partial charge in [0.2, 0.25) is 0 Å². The molecule has 9 heteroatoms. The molecule has 0 amide bonds. The molecule has 0 spiro atoms. The van der Waals surface area contributed by atoms with E-state index in [-0.39, 0.29) is 27.3 Å². The van der Waals surface area contributed by atoms with Gasteiger partial charge in [0.25, 0.3) is 0 Å². The first-order valence-electron chi connectivity index (χ1n) is 7.26. The van der Waals surface area contributed by atoms with E-state index in [2.05, 4.69) is 15.0 Å². The van der Waals surface area contributed by atoms with Gasteiger partial charge in [-0.25, -0.2) is 14.8 Å². The van der Waals surface area contributed by atoms with Crippen LogP contribution in [0.3, 0.4) is 0 Å². The van der Waals surface area contributed by atoms with E-state index in [0.29, 0.717) is 11.0 Å². The van der Waals surface area contributed by atoms with Gasteiger partial charge in [-0.05, 0) is 24.3 Å². The second kappa shape index (κ2) is 7.44. The van der Waals surface area contributed by atoms with Gasteiger partial charge >= 0.3 is 5.97 Å². The number of aromatic nitrogens is 3. The summed E-state index contributed by atoms with van der Waals surface area (Å²) in [6, 6.07) is 11.8. The zero-order valence-corrected chi connectivity index (χ0v) is 14.5. The van der Waals surface area contributed by atoms with Gasteiger partial charge in [0.05, 0.1) is 16.1 Å². The van der Waals surface area contributed by atoms with Crippen molar-refractivity contribution in [2.45, 2.75) is 0 Å². The lowest BCUT2D eigenvalue weighted by atomic mass is 10.2. The molecule has 0 aliphatic rings. The van der Waals surface area contributed by atoms with Gasteiger partial charge < -0.3 is 14.8 Å². The average Bonchev–Trinajstić information content (AvgIpc) is 3.06. The lowest BCUT2D eigenvalue weighted by Crippen LogP contribution is -2.11. The number of nitrogens with one attached hydrogen (secondary N) is 1. The summed E-state index contributed by atoms with van der Waals surface area (Å²) in [5, 5.41) is 19.6. The lowest BCUT2D eigenvalue weighted by Gasteiger charge is -2.06. The summed E-state index contributed by atoms with van der Waals surface area (Å²) in [6.45, 7) is -0.552. The SMILES string of the molecule is N#C/C(=C(\O)COC(=O)c1nc(Cl)ccc1Cl)c1nc2ccccc2[nH]1. The van der Waals surface area contributed by atoms with Crippen LogP contribution in [0.2, 0.25) is 10.2 Å². The normalized spacial score (nSPS) is 11.7. The average molecular weight is 389 g/mol. The van der Waals surface area contributed by atoms with Crippen molar-refractivity contribution in [3.8, 4) is 6.07 Å². The Bertz CT molecular complexity index is 1040. The van der Waals surface area contributed by atoms with Crippen molar-refractivity contribution < 1.29 is 14.6 Å². The van der Waals surface area contributed by atoms with Crippen LogP contribution in [-0.2, 0) is 4.74 Å². The van der Waals surface area contributed by atoms with Crippen LogP contribution in [0.1, 0.15) is 16.3 Å². The third-order valence-electron chi connectivity index (χ3n) is 3.37.